The molecule has 4 rings (SSSR count). The molecule has 0 bridgehead atoms. The average molecular weight is 358 g/mol. The number of fused-ring (bicyclic) bond motifs is 3. The van der Waals surface area contributed by atoms with Gasteiger partial charge in [-0.1, -0.05) is 47.5 Å². The lowest BCUT2D eigenvalue weighted by Gasteiger charge is -2.38. The zero-order valence-electron chi connectivity index (χ0n) is 13.2. The van der Waals surface area contributed by atoms with E-state index in [1.807, 2.05) is 36.4 Å². The molecule has 0 saturated heterocycles. The SMILES string of the molecule is CC(=O)c1ccc2c(c1)[C@H]1C=CC[C@@H]1[C@H](c1cccc(Cl)c1Cl)N2. The van der Waals surface area contributed by atoms with Crippen molar-refractivity contribution in [1.82, 2.24) is 0 Å². The van der Waals surface area contributed by atoms with Crippen molar-refractivity contribution in [3.05, 3.63) is 75.3 Å². The smallest absolute Gasteiger partial charge is 0.159 e. The van der Waals surface area contributed by atoms with Crippen molar-refractivity contribution >= 4 is 34.7 Å². The Morgan fingerprint density at radius 3 is 2.79 bits per heavy atom. The second-order valence-electron chi connectivity index (χ2n) is 6.48. The molecule has 2 aromatic rings. The molecule has 1 N–H and O–H groups in total. The second-order valence-corrected chi connectivity index (χ2v) is 7.26. The number of ketones is 1. The van der Waals surface area contributed by atoms with Gasteiger partial charge >= 0.3 is 0 Å². The molecule has 3 atom stereocenters. The summed E-state index contributed by atoms with van der Waals surface area (Å²) in [6, 6.07) is 11.8. The van der Waals surface area contributed by atoms with Crippen LogP contribution in [0, 0.1) is 5.92 Å². The Morgan fingerprint density at radius 2 is 2.00 bits per heavy atom. The van der Waals surface area contributed by atoms with Crippen LogP contribution in [0.3, 0.4) is 0 Å². The highest BCUT2D eigenvalue weighted by atomic mass is 35.5. The number of carbonyl (C=O) groups excluding carboxylic acids is 1. The van der Waals surface area contributed by atoms with E-state index in [0.717, 1.165) is 23.2 Å². The molecular formula is C20H17Cl2NO. The van der Waals surface area contributed by atoms with Crippen molar-refractivity contribution in [2.24, 2.45) is 5.92 Å². The molecule has 24 heavy (non-hydrogen) atoms. The number of carbonyl (C=O) groups is 1. The lowest BCUT2D eigenvalue weighted by atomic mass is 9.76. The predicted octanol–water partition coefficient (Wildman–Crippen LogP) is 6.02. The Balaban J connectivity index is 1.81. The average Bonchev–Trinajstić information content (AvgIpc) is 3.06. The number of anilines is 1. The zero-order valence-corrected chi connectivity index (χ0v) is 14.7. The number of rotatable bonds is 2. The quantitative estimate of drug-likeness (QED) is 0.525. The summed E-state index contributed by atoms with van der Waals surface area (Å²) in [6.45, 7) is 1.61. The maximum Gasteiger partial charge on any atom is 0.159 e. The summed E-state index contributed by atoms with van der Waals surface area (Å²) in [6.07, 6.45) is 5.45. The van der Waals surface area contributed by atoms with E-state index in [1.54, 1.807) is 6.92 Å². The highest BCUT2D eigenvalue weighted by Crippen LogP contribution is 2.51. The standard InChI is InChI=1S/C20H17Cl2NO/c1-11(24)12-8-9-18-16(10-12)13-4-2-5-14(13)20(23-18)15-6-3-7-17(21)19(15)22/h2-4,6-10,13-14,20,23H,5H2,1H3/t13-,14-,20+/m0/s1. The van der Waals surface area contributed by atoms with E-state index in [0.29, 0.717) is 21.9 Å². The van der Waals surface area contributed by atoms with Gasteiger partial charge < -0.3 is 5.32 Å². The van der Waals surface area contributed by atoms with Crippen LogP contribution in [0.25, 0.3) is 0 Å². The molecule has 122 valence electrons. The Labute approximate surface area is 151 Å². The monoisotopic (exact) mass is 357 g/mol. The second kappa shape index (κ2) is 5.94. The van der Waals surface area contributed by atoms with Gasteiger partial charge in [-0.25, -0.2) is 0 Å². The predicted molar refractivity (Wildman–Crippen MR) is 99.3 cm³/mol. The molecule has 0 amide bonds. The van der Waals surface area contributed by atoms with E-state index in [-0.39, 0.29) is 11.8 Å². The van der Waals surface area contributed by atoms with Gasteiger partial charge in [0.25, 0.3) is 0 Å². The van der Waals surface area contributed by atoms with Crippen molar-refractivity contribution in [1.29, 1.82) is 0 Å². The van der Waals surface area contributed by atoms with Crippen molar-refractivity contribution in [2.75, 3.05) is 5.32 Å². The summed E-state index contributed by atoms with van der Waals surface area (Å²) >= 11 is 12.7. The fraction of sp³-hybridized carbons (Fsp3) is 0.250. The van der Waals surface area contributed by atoms with Crippen LogP contribution in [0.4, 0.5) is 5.69 Å². The number of hydrogen-bond acceptors (Lipinski definition) is 2. The molecule has 2 aromatic carbocycles. The molecule has 2 aliphatic rings. The first-order chi connectivity index (χ1) is 11.6. The number of benzene rings is 2. The van der Waals surface area contributed by atoms with Crippen molar-refractivity contribution in [2.45, 2.75) is 25.3 Å². The minimum Gasteiger partial charge on any atom is -0.378 e. The molecule has 1 aliphatic heterocycles. The van der Waals surface area contributed by atoms with Gasteiger partial charge in [-0.2, -0.15) is 0 Å². The van der Waals surface area contributed by atoms with Crippen LogP contribution in [0.15, 0.2) is 48.6 Å². The molecule has 0 saturated carbocycles. The van der Waals surface area contributed by atoms with Gasteiger partial charge in [0.15, 0.2) is 5.78 Å². The Morgan fingerprint density at radius 1 is 1.17 bits per heavy atom. The van der Waals surface area contributed by atoms with Crippen molar-refractivity contribution in [3.8, 4) is 0 Å². The van der Waals surface area contributed by atoms with E-state index in [4.69, 9.17) is 23.2 Å². The summed E-state index contributed by atoms with van der Waals surface area (Å²) in [7, 11) is 0. The molecule has 1 heterocycles. The molecule has 0 radical (unpaired) electrons. The highest BCUT2D eigenvalue weighted by molar-refractivity contribution is 6.42. The molecular weight excluding hydrogens is 341 g/mol. The fourth-order valence-corrected chi connectivity index (χ4v) is 4.31. The summed E-state index contributed by atoms with van der Waals surface area (Å²) in [4.78, 5) is 11.7. The summed E-state index contributed by atoms with van der Waals surface area (Å²) in [5.74, 6) is 0.757. The maximum atomic E-state index is 11.7. The fourth-order valence-electron chi connectivity index (χ4n) is 3.88. The van der Waals surface area contributed by atoms with Crippen molar-refractivity contribution < 1.29 is 4.79 Å². The van der Waals surface area contributed by atoms with Gasteiger partial charge in [-0.15, -0.1) is 0 Å². The van der Waals surface area contributed by atoms with Crippen LogP contribution in [-0.4, -0.2) is 5.78 Å². The minimum atomic E-state index is 0.0938. The molecule has 0 fully saturated rings. The maximum absolute atomic E-state index is 11.7. The molecule has 1 aliphatic carbocycles. The first kappa shape index (κ1) is 15.7. The molecule has 0 unspecified atom stereocenters. The van der Waals surface area contributed by atoms with Gasteiger partial charge in [0.1, 0.15) is 0 Å². The first-order valence-corrected chi connectivity index (χ1v) is 8.84. The summed E-state index contributed by atoms with van der Waals surface area (Å²) < 4.78 is 0. The third-order valence-corrected chi connectivity index (χ3v) is 5.92. The van der Waals surface area contributed by atoms with Crippen LogP contribution in [-0.2, 0) is 0 Å². The van der Waals surface area contributed by atoms with Crippen LogP contribution in [0.1, 0.15) is 46.8 Å². The van der Waals surface area contributed by atoms with E-state index in [9.17, 15) is 4.79 Å². The zero-order chi connectivity index (χ0) is 16.8. The molecule has 2 nitrogen and oxygen atoms in total. The van der Waals surface area contributed by atoms with Gasteiger partial charge in [0.2, 0.25) is 0 Å². The molecule has 0 aromatic heterocycles. The molecule has 0 spiro atoms. The lowest BCUT2D eigenvalue weighted by molar-refractivity contribution is 0.101. The van der Waals surface area contributed by atoms with E-state index in [2.05, 4.69) is 17.5 Å². The number of Topliss-reactive ketones (excluding diaryl/α,β-unsaturated/α-hetero) is 1. The van der Waals surface area contributed by atoms with Crippen LogP contribution in [0.5, 0.6) is 0 Å². The van der Waals surface area contributed by atoms with Crippen LogP contribution < -0.4 is 5.32 Å². The minimum absolute atomic E-state index is 0.0938. The number of nitrogens with one attached hydrogen (secondary N) is 1. The number of halogens is 2. The first-order valence-electron chi connectivity index (χ1n) is 8.08. The summed E-state index contributed by atoms with van der Waals surface area (Å²) in [5, 5.41) is 4.82. The number of hydrogen-bond donors (Lipinski definition) is 1. The Bertz CT molecular complexity index is 859. The third kappa shape index (κ3) is 2.45. The summed E-state index contributed by atoms with van der Waals surface area (Å²) in [5.41, 5.74) is 4.04. The number of allylic oxidation sites excluding steroid dienone is 2. The molecule has 4 heteroatoms. The highest BCUT2D eigenvalue weighted by Gasteiger charge is 2.38. The van der Waals surface area contributed by atoms with Crippen molar-refractivity contribution in [3.63, 3.8) is 0 Å². The van der Waals surface area contributed by atoms with Gasteiger partial charge in [0, 0.05) is 17.2 Å². The Hall–Kier alpha value is -1.77. The van der Waals surface area contributed by atoms with Crippen LogP contribution >= 0.6 is 23.2 Å². The van der Waals surface area contributed by atoms with E-state index < -0.39 is 0 Å². The van der Waals surface area contributed by atoms with Gasteiger partial charge in [-0.05, 0) is 54.7 Å². The normalized spacial score (nSPS) is 24.2. The largest absolute Gasteiger partial charge is 0.378 e. The topological polar surface area (TPSA) is 29.1 Å². The Kier molecular flexibility index (Phi) is 3.90. The van der Waals surface area contributed by atoms with Gasteiger partial charge in [0.05, 0.1) is 16.1 Å². The van der Waals surface area contributed by atoms with E-state index >= 15 is 0 Å². The van der Waals surface area contributed by atoms with Crippen LogP contribution in [0.2, 0.25) is 10.0 Å². The third-order valence-electron chi connectivity index (χ3n) is 5.09. The van der Waals surface area contributed by atoms with Gasteiger partial charge in [-0.3, -0.25) is 4.79 Å². The van der Waals surface area contributed by atoms with E-state index in [1.165, 1.54) is 5.56 Å². The lowest BCUT2D eigenvalue weighted by Crippen LogP contribution is -2.29.